The van der Waals surface area contributed by atoms with Crippen molar-refractivity contribution in [2.45, 2.75) is 32.8 Å². The van der Waals surface area contributed by atoms with E-state index in [1.54, 1.807) is 31.2 Å². The minimum Gasteiger partial charge on any atom is -0.479 e. The van der Waals surface area contributed by atoms with E-state index in [1.807, 2.05) is 6.92 Å². The van der Waals surface area contributed by atoms with Crippen LogP contribution < -0.4 is 4.74 Å². The van der Waals surface area contributed by atoms with Crippen LogP contribution in [0.2, 0.25) is 0 Å². The van der Waals surface area contributed by atoms with Crippen molar-refractivity contribution in [1.29, 1.82) is 0 Å². The second kappa shape index (κ2) is 8.19. The standard InChI is InChI=1S/C15H20O5/c1-4-13(15(17)19-5-2)20-12-8-6-11(7-9-12)10-14(16)18-3/h6-9,13H,4-5,10H2,1-3H3. The van der Waals surface area contributed by atoms with Crippen molar-refractivity contribution in [3.8, 4) is 5.75 Å². The van der Waals surface area contributed by atoms with Gasteiger partial charge in [0.25, 0.3) is 0 Å². The zero-order valence-electron chi connectivity index (χ0n) is 12.0. The molecule has 110 valence electrons. The van der Waals surface area contributed by atoms with E-state index in [-0.39, 0.29) is 18.4 Å². The van der Waals surface area contributed by atoms with Gasteiger partial charge in [0.15, 0.2) is 6.10 Å². The summed E-state index contributed by atoms with van der Waals surface area (Å²) in [4.78, 5) is 22.8. The number of benzene rings is 1. The average molecular weight is 280 g/mol. The molecule has 0 aromatic heterocycles. The summed E-state index contributed by atoms with van der Waals surface area (Å²) in [6.45, 7) is 3.94. The summed E-state index contributed by atoms with van der Waals surface area (Å²) < 4.78 is 15.1. The highest BCUT2D eigenvalue weighted by Crippen LogP contribution is 2.16. The van der Waals surface area contributed by atoms with E-state index in [0.717, 1.165) is 5.56 Å². The second-order valence-corrected chi connectivity index (χ2v) is 4.16. The highest BCUT2D eigenvalue weighted by molar-refractivity contribution is 5.75. The zero-order chi connectivity index (χ0) is 15.0. The van der Waals surface area contributed by atoms with Gasteiger partial charge in [0, 0.05) is 0 Å². The Bertz CT molecular complexity index is 438. The first kappa shape index (κ1) is 16.0. The van der Waals surface area contributed by atoms with Crippen LogP contribution in [0.1, 0.15) is 25.8 Å². The van der Waals surface area contributed by atoms with Gasteiger partial charge in [-0.05, 0) is 31.0 Å². The van der Waals surface area contributed by atoms with Crippen molar-refractivity contribution < 1.29 is 23.8 Å². The molecule has 0 N–H and O–H groups in total. The van der Waals surface area contributed by atoms with Gasteiger partial charge in [-0.2, -0.15) is 0 Å². The van der Waals surface area contributed by atoms with Crippen LogP contribution in [0.5, 0.6) is 5.75 Å². The molecule has 0 saturated heterocycles. The van der Waals surface area contributed by atoms with Gasteiger partial charge in [0.2, 0.25) is 0 Å². The van der Waals surface area contributed by atoms with Gasteiger partial charge in [-0.15, -0.1) is 0 Å². The Kier molecular flexibility index (Phi) is 6.56. The van der Waals surface area contributed by atoms with E-state index in [2.05, 4.69) is 4.74 Å². The number of esters is 2. The second-order valence-electron chi connectivity index (χ2n) is 4.16. The summed E-state index contributed by atoms with van der Waals surface area (Å²) in [5, 5.41) is 0. The minimum atomic E-state index is -0.610. The summed E-state index contributed by atoms with van der Waals surface area (Å²) in [6, 6.07) is 6.98. The molecule has 0 spiro atoms. The van der Waals surface area contributed by atoms with E-state index in [0.29, 0.717) is 18.8 Å². The Morgan fingerprint density at radius 1 is 1.15 bits per heavy atom. The van der Waals surface area contributed by atoms with Crippen molar-refractivity contribution in [3.05, 3.63) is 29.8 Å². The first-order chi connectivity index (χ1) is 9.60. The maximum Gasteiger partial charge on any atom is 0.347 e. The third-order valence-electron chi connectivity index (χ3n) is 2.70. The van der Waals surface area contributed by atoms with E-state index in [4.69, 9.17) is 9.47 Å². The molecule has 0 fully saturated rings. The van der Waals surface area contributed by atoms with Crippen LogP contribution in [-0.4, -0.2) is 31.8 Å². The third kappa shape index (κ3) is 4.91. The minimum absolute atomic E-state index is 0.214. The monoisotopic (exact) mass is 280 g/mol. The lowest BCUT2D eigenvalue weighted by Crippen LogP contribution is -2.28. The molecule has 0 heterocycles. The van der Waals surface area contributed by atoms with Gasteiger partial charge in [-0.1, -0.05) is 19.1 Å². The molecule has 0 aliphatic heterocycles. The Labute approximate surface area is 118 Å². The van der Waals surface area contributed by atoms with Crippen LogP contribution in [-0.2, 0) is 25.5 Å². The molecule has 0 aliphatic carbocycles. The molecule has 0 radical (unpaired) electrons. The van der Waals surface area contributed by atoms with Crippen molar-refractivity contribution >= 4 is 11.9 Å². The predicted molar refractivity (Wildman–Crippen MR) is 73.5 cm³/mol. The number of hydrogen-bond acceptors (Lipinski definition) is 5. The fourth-order valence-corrected chi connectivity index (χ4v) is 1.62. The summed E-state index contributed by atoms with van der Waals surface area (Å²) in [5.41, 5.74) is 0.827. The van der Waals surface area contributed by atoms with Gasteiger partial charge in [-0.25, -0.2) is 4.79 Å². The molecular formula is C15H20O5. The van der Waals surface area contributed by atoms with Crippen LogP contribution >= 0.6 is 0 Å². The highest BCUT2D eigenvalue weighted by Gasteiger charge is 2.19. The highest BCUT2D eigenvalue weighted by atomic mass is 16.6. The number of ether oxygens (including phenoxy) is 3. The van der Waals surface area contributed by atoms with Gasteiger partial charge < -0.3 is 14.2 Å². The normalized spacial score (nSPS) is 11.6. The van der Waals surface area contributed by atoms with E-state index in [9.17, 15) is 9.59 Å². The van der Waals surface area contributed by atoms with Crippen molar-refractivity contribution in [1.82, 2.24) is 0 Å². The molecule has 1 aromatic carbocycles. The number of methoxy groups -OCH3 is 1. The molecule has 0 saturated carbocycles. The number of carbonyl (C=O) groups excluding carboxylic acids is 2. The van der Waals surface area contributed by atoms with Gasteiger partial charge in [0.1, 0.15) is 5.75 Å². The molecule has 0 bridgehead atoms. The maximum atomic E-state index is 11.6. The Balaban J connectivity index is 2.63. The van der Waals surface area contributed by atoms with Crippen molar-refractivity contribution in [2.75, 3.05) is 13.7 Å². The van der Waals surface area contributed by atoms with E-state index < -0.39 is 6.10 Å². The number of rotatable bonds is 7. The molecule has 1 atom stereocenters. The summed E-state index contributed by atoms with van der Waals surface area (Å²) in [6.07, 6.45) is 0.135. The molecule has 20 heavy (non-hydrogen) atoms. The predicted octanol–water partition coefficient (Wildman–Crippen LogP) is 2.12. The van der Waals surface area contributed by atoms with Gasteiger partial charge in [-0.3, -0.25) is 4.79 Å². The molecule has 0 amide bonds. The first-order valence-corrected chi connectivity index (χ1v) is 6.59. The Morgan fingerprint density at radius 2 is 1.80 bits per heavy atom. The van der Waals surface area contributed by atoms with Crippen LogP contribution in [0.15, 0.2) is 24.3 Å². The molecule has 1 aromatic rings. The number of hydrogen-bond donors (Lipinski definition) is 0. The van der Waals surface area contributed by atoms with Gasteiger partial charge >= 0.3 is 11.9 Å². The maximum absolute atomic E-state index is 11.6. The lowest BCUT2D eigenvalue weighted by Gasteiger charge is -2.16. The summed E-state index contributed by atoms with van der Waals surface area (Å²) in [7, 11) is 1.35. The summed E-state index contributed by atoms with van der Waals surface area (Å²) in [5.74, 6) is -0.0937. The van der Waals surface area contributed by atoms with Gasteiger partial charge in [0.05, 0.1) is 20.1 Å². The zero-order valence-corrected chi connectivity index (χ0v) is 12.0. The molecule has 1 rings (SSSR count). The summed E-state index contributed by atoms with van der Waals surface area (Å²) >= 11 is 0. The largest absolute Gasteiger partial charge is 0.479 e. The molecule has 5 nitrogen and oxygen atoms in total. The topological polar surface area (TPSA) is 61.8 Å². The van der Waals surface area contributed by atoms with Crippen LogP contribution in [0.25, 0.3) is 0 Å². The Hall–Kier alpha value is -2.04. The van der Waals surface area contributed by atoms with Crippen LogP contribution in [0.4, 0.5) is 0 Å². The smallest absolute Gasteiger partial charge is 0.347 e. The average Bonchev–Trinajstić information content (AvgIpc) is 2.46. The number of carbonyl (C=O) groups is 2. The fourth-order valence-electron chi connectivity index (χ4n) is 1.62. The quantitative estimate of drug-likeness (QED) is 0.716. The van der Waals surface area contributed by atoms with Crippen LogP contribution in [0.3, 0.4) is 0 Å². The molecule has 0 aliphatic rings. The third-order valence-corrected chi connectivity index (χ3v) is 2.70. The Morgan fingerprint density at radius 3 is 2.30 bits per heavy atom. The molecular weight excluding hydrogens is 260 g/mol. The van der Waals surface area contributed by atoms with Crippen molar-refractivity contribution in [2.24, 2.45) is 0 Å². The van der Waals surface area contributed by atoms with Crippen LogP contribution in [0, 0.1) is 0 Å². The van der Waals surface area contributed by atoms with E-state index in [1.165, 1.54) is 7.11 Å². The molecule has 1 unspecified atom stereocenters. The lowest BCUT2D eigenvalue weighted by molar-refractivity contribution is -0.151. The van der Waals surface area contributed by atoms with E-state index >= 15 is 0 Å². The first-order valence-electron chi connectivity index (χ1n) is 6.59. The fraction of sp³-hybridized carbons (Fsp3) is 0.467. The van der Waals surface area contributed by atoms with Crippen molar-refractivity contribution in [3.63, 3.8) is 0 Å². The SMILES string of the molecule is CCOC(=O)C(CC)Oc1ccc(CC(=O)OC)cc1. The lowest BCUT2D eigenvalue weighted by atomic mass is 10.1. The molecule has 5 heteroatoms.